The largest absolute Gasteiger partial charge is 0.480 e. The summed E-state index contributed by atoms with van der Waals surface area (Å²) in [6, 6.07) is 7.18. The van der Waals surface area contributed by atoms with Crippen molar-refractivity contribution in [2.24, 2.45) is 12.5 Å². The van der Waals surface area contributed by atoms with Crippen LogP contribution in [0.2, 0.25) is 0 Å². The highest BCUT2D eigenvalue weighted by molar-refractivity contribution is 5.88. The van der Waals surface area contributed by atoms with Crippen molar-refractivity contribution in [3.8, 4) is 0 Å². The van der Waals surface area contributed by atoms with E-state index in [1.54, 1.807) is 6.07 Å². The van der Waals surface area contributed by atoms with Crippen molar-refractivity contribution < 1.29 is 54.2 Å². The molecule has 2 atom stereocenters. The van der Waals surface area contributed by atoms with Gasteiger partial charge in [-0.2, -0.15) is 39.5 Å². The summed E-state index contributed by atoms with van der Waals surface area (Å²) < 4.78 is 128. The SMILES string of the molecule is Cn1c(=O)c([C@@H]2CCc3c(C[C@H](NC(=O)C4(C(F)(F)F)CCN(CC(F)(F)F)CC4)C(=O)O)cccc32)c(C(F)(F)F)c2cc(CN3CCC3)ccc21. The quantitative estimate of drug-likeness (QED) is 0.254. The van der Waals surface area contributed by atoms with Gasteiger partial charge in [0.15, 0.2) is 0 Å². The number of rotatable bonds is 9. The topological polar surface area (TPSA) is 94.9 Å². The van der Waals surface area contributed by atoms with Gasteiger partial charge in [-0.25, -0.2) is 4.79 Å². The van der Waals surface area contributed by atoms with E-state index in [0.717, 1.165) is 24.4 Å². The Morgan fingerprint density at radius 1 is 0.962 bits per heavy atom. The van der Waals surface area contributed by atoms with Gasteiger partial charge < -0.3 is 15.0 Å². The third kappa shape index (κ3) is 7.51. The van der Waals surface area contributed by atoms with Crippen LogP contribution in [0.4, 0.5) is 39.5 Å². The molecule has 3 heterocycles. The molecule has 0 radical (unpaired) electrons. The number of hydrogen-bond donors (Lipinski definition) is 2. The highest BCUT2D eigenvalue weighted by atomic mass is 19.4. The molecule has 0 bridgehead atoms. The molecule has 1 amide bonds. The molecule has 0 unspecified atom stereocenters. The maximum Gasteiger partial charge on any atom is 0.417 e. The van der Waals surface area contributed by atoms with E-state index in [1.165, 1.54) is 41.9 Å². The first kappa shape index (κ1) is 38.6. The normalized spacial score (nSPS) is 20.2. The number of aryl methyl sites for hydroxylation is 1. The van der Waals surface area contributed by atoms with E-state index >= 15 is 13.2 Å². The number of amides is 1. The fourth-order valence-corrected chi connectivity index (χ4v) is 8.07. The zero-order chi connectivity index (χ0) is 38.7. The van der Waals surface area contributed by atoms with E-state index < -0.39 is 103 Å². The lowest BCUT2D eigenvalue weighted by Crippen LogP contribution is -2.59. The number of alkyl halides is 9. The minimum atomic E-state index is -5.20. The molecule has 2 N–H and O–H groups in total. The molecule has 0 spiro atoms. The predicted octanol–water partition coefficient (Wildman–Crippen LogP) is 6.16. The summed E-state index contributed by atoms with van der Waals surface area (Å²) in [6.07, 6.45) is -16.2. The van der Waals surface area contributed by atoms with Crippen molar-refractivity contribution in [3.63, 3.8) is 0 Å². The molecule has 17 heteroatoms. The average Bonchev–Trinajstić information content (AvgIpc) is 3.47. The van der Waals surface area contributed by atoms with Crippen molar-refractivity contribution in [2.75, 3.05) is 32.7 Å². The van der Waals surface area contributed by atoms with Gasteiger partial charge in [-0.1, -0.05) is 24.3 Å². The van der Waals surface area contributed by atoms with E-state index in [1.807, 2.05) is 5.32 Å². The summed E-state index contributed by atoms with van der Waals surface area (Å²) >= 11 is 0. The maximum atomic E-state index is 15.0. The van der Waals surface area contributed by atoms with Gasteiger partial charge in [-0.3, -0.25) is 19.4 Å². The average molecular weight is 761 g/mol. The number of nitrogens with one attached hydrogen (secondary N) is 1. The first-order valence-corrected chi connectivity index (χ1v) is 17.2. The van der Waals surface area contributed by atoms with Crippen LogP contribution in [0.5, 0.6) is 0 Å². The molecule has 1 aliphatic carbocycles. The second-order valence-corrected chi connectivity index (χ2v) is 14.2. The van der Waals surface area contributed by atoms with Crippen molar-refractivity contribution in [2.45, 2.75) is 75.6 Å². The Morgan fingerprint density at radius 3 is 2.21 bits per heavy atom. The number of aromatic nitrogens is 1. The summed E-state index contributed by atoms with van der Waals surface area (Å²) in [5.41, 5.74) is -3.73. The molecule has 2 aliphatic heterocycles. The molecule has 2 saturated heterocycles. The summed E-state index contributed by atoms with van der Waals surface area (Å²) in [7, 11) is 1.39. The maximum absolute atomic E-state index is 15.0. The third-order valence-corrected chi connectivity index (χ3v) is 11.0. The van der Waals surface area contributed by atoms with E-state index in [9.17, 15) is 45.8 Å². The van der Waals surface area contributed by atoms with E-state index in [2.05, 4.69) is 4.90 Å². The monoisotopic (exact) mass is 760 g/mol. The minimum Gasteiger partial charge on any atom is -0.480 e. The van der Waals surface area contributed by atoms with Crippen LogP contribution in [0, 0.1) is 5.41 Å². The van der Waals surface area contributed by atoms with Gasteiger partial charge in [0.25, 0.3) is 5.56 Å². The number of pyridine rings is 1. The lowest BCUT2D eigenvalue weighted by molar-refractivity contribution is -0.236. The van der Waals surface area contributed by atoms with Gasteiger partial charge in [-0.05, 0) is 92.7 Å². The van der Waals surface area contributed by atoms with Crippen LogP contribution in [-0.4, -0.2) is 82.5 Å². The number of piperidine rings is 1. The number of hydrogen-bond acceptors (Lipinski definition) is 5. The smallest absolute Gasteiger partial charge is 0.417 e. The molecule has 1 aromatic heterocycles. The Morgan fingerprint density at radius 2 is 1.64 bits per heavy atom. The fourth-order valence-electron chi connectivity index (χ4n) is 8.07. The van der Waals surface area contributed by atoms with Crippen LogP contribution in [0.15, 0.2) is 41.2 Å². The van der Waals surface area contributed by atoms with Crippen LogP contribution in [0.1, 0.15) is 65.0 Å². The first-order chi connectivity index (χ1) is 24.7. The summed E-state index contributed by atoms with van der Waals surface area (Å²) in [5.74, 6) is -4.41. The highest BCUT2D eigenvalue weighted by Gasteiger charge is 2.61. The number of likely N-dealkylation sites (tertiary alicyclic amines) is 2. The lowest BCUT2D eigenvalue weighted by Gasteiger charge is -2.42. The zero-order valence-electron chi connectivity index (χ0n) is 28.5. The number of carboxylic acids is 1. The number of benzene rings is 2. The van der Waals surface area contributed by atoms with Gasteiger partial charge in [0, 0.05) is 36.9 Å². The van der Waals surface area contributed by atoms with Crippen LogP contribution in [0.3, 0.4) is 0 Å². The van der Waals surface area contributed by atoms with Crippen LogP contribution >= 0.6 is 0 Å². The van der Waals surface area contributed by atoms with Crippen LogP contribution in [-0.2, 0) is 42.2 Å². The van der Waals surface area contributed by atoms with Crippen molar-refractivity contribution in [1.29, 1.82) is 0 Å². The number of halogens is 9. The molecule has 0 saturated carbocycles. The van der Waals surface area contributed by atoms with Crippen molar-refractivity contribution in [1.82, 2.24) is 19.7 Å². The zero-order valence-corrected chi connectivity index (χ0v) is 28.5. The van der Waals surface area contributed by atoms with Gasteiger partial charge >= 0.3 is 24.5 Å². The molecule has 8 nitrogen and oxygen atoms in total. The Bertz CT molecular complexity index is 1960. The molecule has 3 aromatic rings. The van der Waals surface area contributed by atoms with Crippen molar-refractivity contribution in [3.05, 3.63) is 80.1 Å². The van der Waals surface area contributed by atoms with Gasteiger partial charge in [0.05, 0.1) is 17.6 Å². The molecule has 3 aliphatic rings. The third-order valence-electron chi connectivity index (χ3n) is 11.0. The van der Waals surface area contributed by atoms with E-state index in [4.69, 9.17) is 0 Å². The molecular formula is C36H37F9N4O4. The fraction of sp³-hybridized carbons (Fsp3) is 0.528. The number of carboxylic acid groups (broad SMARTS) is 1. The summed E-state index contributed by atoms with van der Waals surface area (Å²) in [5, 5.41) is 11.8. The Balaban J connectivity index is 1.31. The molecule has 2 aromatic carbocycles. The molecule has 288 valence electrons. The van der Waals surface area contributed by atoms with Gasteiger partial charge in [-0.15, -0.1) is 0 Å². The van der Waals surface area contributed by atoms with Gasteiger partial charge in [0.2, 0.25) is 5.91 Å². The number of carbonyl (C=O) groups is 2. The van der Waals surface area contributed by atoms with Crippen LogP contribution < -0.4 is 10.9 Å². The first-order valence-electron chi connectivity index (χ1n) is 17.2. The lowest BCUT2D eigenvalue weighted by atomic mass is 9.76. The Kier molecular flexibility index (Phi) is 10.2. The van der Waals surface area contributed by atoms with E-state index in [-0.39, 0.29) is 29.3 Å². The second-order valence-electron chi connectivity index (χ2n) is 14.2. The molecule has 2 fully saturated rings. The highest BCUT2D eigenvalue weighted by Crippen LogP contribution is 2.48. The number of aliphatic carboxylic acids is 1. The number of fused-ring (bicyclic) bond motifs is 2. The van der Waals surface area contributed by atoms with Crippen molar-refractivity contribution >= 4 is 22.8 Å². The Hall–Kier alpha value is -4.12. The molecule has 53 heavy (non-hydrogen) atoms. The number of nitrogens with zero attached hydrogens (tertiary/aromatic N) is 3. The Labute approximate surface area is 297 Å². The van der Waals surface area contributed by atoms with E-state index in [0.29, 0.717) is 23.2 Å². The summed E-state index contributed by atoms with van der Waals surface area (Å²) in [4.78, 5) is 42.2. The predicted molar refractivity (Wildman–Crippen MR) is 174 cm³/mol. The number of carbonyl (C=O) groups excluding carboxylic acids is 1. The summed E-state index contributed by atoms with van der Waals surface area (Å²) in [6.45, 7) is -0.774. The molecule has 6 rings (SSSR count). The minimum absolute atomic E-state index is 0.0549. The van der Waals surface area contributed by atoms with Crippen LogP contribution in [0.25, 0.3) is 10.9 Å². The second kappa shape index (κ2) is 13.9. The van der Waals surface area contributed by atoms with Gasteiger partial charge in [0.1, 0.15) is 11.5 Å². The molecular weight excluding hydrogens is 723 g/mol. The standard InChI is InChI=1S/C36H37F9N4O4/c1-47-27-9-6-20(18-48-12-3-13-48)16-25(27)29(35(40,41)42)28(30(47)50)24-8-7-22-21(4-2-5-23(22)24)17-26(31(51)52)46-32(53)33(36(43,44)45)10-14-49(15-11-33)19-34(37,38)39/h2,4-6,9,16,24,26H,3,7-8,10-15,17-19H2,1H3,(H,46,53)(H,51,52)/t24-,26+/m1/s1.